The van der Waals surface area contributed by atoms with E-state index in [1.165, 1.54) is 31.4 Å². The molecule has 1 heterocycles. The van der Waals surface area contributed by atoms with Gasteiger partial charge in [-0.15, -0.1) is 0 Å². The van der Waals surface area contributed by atoms with Crippen molar-refractivity contribution in [2.24, 2.45) is 24.3 Å². The highest BCUT2D eigenvalue weighted by atomic mass is 79.9. The Morgan fingerprint density at radius 1 is 1.30 bits per heavy atom. The third kappa shape index (κ3) is 3.28. The van der Waals surface area contributed by atoms with Gasteiger partial charge >= 0.3 is 0 Å². The summed E-state index contributed by atoms with van der Waals surface area (Å²) in [6.45, 7) is 7.14. The quantitative estimate of drug-likeness (QED) is 0.888. The van der Waals surface area contributed by atoms with Crippen LogP contribution in [0.25, 0.3) is 0 Å². The second-order valence-electron chi connectivity index (χ2n) is 7.25. The van der Waals surface area contributed by atoms with Crippen molar-refractivity contribution >= 4 is 15.9 Å². The minimum Gasteiger partial charge on any atom is -0.311 e. The summed E-state index contributed by atoms with van der Waals surface area (Å²) in [5.41, 5.74) is 1.74. The van der Waals surface area contributed by atoms with Crippen LogP contribution in [0.5, 0.6) is 0 Å². The molecule has 4 heteroatoms. The number of hydrogen-bond donors (Lipinski definition) is 1. The summed E-state index contributed by atoms with van der Waals surface area (Å²) < 4.78 is 3.12. The molecule has 1 fully saturated rings. The van der Waals surface area contributed by atoms with Gasteiger partial charge in [-0.25, -0.2) is 0 Å². The number of aromatic nitrogens is 2. The first-order valence-electron chi connectivity index (χ1n) is 7.69. The van der Waals surface area contributed by atoms with Crippen molar-refractivity contribution in [1.82, 2.24) is 15.1 Å². The Bertz CT molecular complexity index is 420. The van der Waals surface area contributed by atoms with E-state index in [1.807, 2.05) is 17.9 Å². The Balaban J connectivity index is 2.08. The molecule has 0 saturated heterocycles. The number of aryl methyl sites for hydroxylation is 1. The summed E-state index contributed by atoms with van der Waals surface area (Å²) in [5, 5.41) is 7.88. The van der Waals surface area contributed by atoms with E-state index in [9.17, 15) is 0 Å². The molecule has 0 radical (unpaired) electrons. The van der Waals surface area contributed by atoms with Crippen LogP contribution < -0.4 is 5.32 Å². The second kappa shape index (κ2) is 6.18. The molecule has 0 bridgehead atoms. The van der Waals surface area contributed by atoms with Gasteiger partial charge in [0.2, 0.25) is 0 Å². The van der Waals surface area contributed by atoms with Crippen molar-refractivity contribution in [3.63, 3.8) is 0 Å². The molecule has 1 saturated carbocycles. The van der Waals surface area contributed by atoms with E-state index in [0.29, 0.717) is 17.4 Å². The standard InChI is InChI=1S/C16H28BrN3/c1-16(2,3)12-8-6-11(7-9-12)14(18-4)15-13(17)10-19-20(15)5/h10-12,14,18H,6-9H2,1-5H3. The molecule has 0 amide bonds. The molecule has 3 nitrogen and oxygen atoms in total. The largest absolute Gasteiger partial charge is 0.311 e. The fourth-order valence-corrected chi connectivity index (χ4v) is 4.28. The van der Waals surface area contributed by atoms with Crippen molar-refractivity contribution in [2.45, 2.75) is 52.5 Å². The third-order valence-electron chi connectivity index (χ3n) is 5.01. The molecule has 1 aliphatic rings. The molecule has 0 aromatic carbocycles. The molecule has 20 heavy (non-hydrogen) atoms. The lowest BCUT2D eigenvalue weighted by molar-refractivity contribution is 0.132. The average Bonchev–Trinajstić information content (AvgIpc) is 2.71. The topological polar surface area (TPSA) is 29.9 Å². The van der Waals surface area contributed by atoms with Crippen LogP contribution in [0.4, 0.5) is 0 Å². The summed E-state index contributed by atoms with van der Waals surface area (Å²) in [4.78, 5) is 0. The van der Waals surface area contributed by atoms with E-state index in [4.69, 9.17) is 0 Å². The fraction of sp³-hybridized carbons (Fsp3) is 0.812. The maximum Gasteiger partial charge on any atom is 0.0695 e. The van der Waals surface area contributed by atoms with Gasteiger partial charge in [0, 0.05) is 7.05 Å². The lowest BCUT2D eigenvalue weighted by atomic mass is 9.68. The predicted octanol–water partition coefficient (Wildman–Crippen LogP) is 4.30. The highest BCUT2D eigenvalue weighted by Crippen LogP contribution is 2.44. The Labute approximate surface area is 131 Å². The van der Waals surface area contributed by atoms with Crippen LogP contribution in [-0.4, -0.2) is 16.8 Å². The molecule has 114 valence electrons. The normalized spacial score (nSPS) is 25.7. The summed E-state index contributed by atoms with van der Waals surface area (Å²) >= 11 is 3.65. The molecule has 1 N–H and O–H groups in total. The van der Waals surface area contributed by atoms with Gasteiger partial charge in [0.05, 0.1) is 22.4 Å². The van der Waals surface area contributed by atoms with Gasteiger partial charge < -0.3 is 5.32 Å². The number of nitrogens with zero attached hydrogens (tertiary/aromatic N) is 2. The third-order valence-corrected chi connectivity index (χ3v) is 5.62. The fourth-order valence-electron chi connectivity index (χ4n) is 3.68. The highest BCUT2D eigenvalue weighted by Gasteiger charge is 2.34. The van der Waals surface area contributed by atoms with E-state index in [2.05, 4.69) is 54.2 Å². The van der Waals surface area contributed by atoms with Gasteiger partial charge in [0.15, 0.2) is 0 Å². The van der Waals surface area contributed by atoms with Gasteiger partial charge in [-0.05, 0) is 65.9 Å². The maximum atomic E-state index is 4.36. The lowest BCUT2D eigenvalue weighted by Gasteiger charge is -2.39. The number of hydrogen-bond acceptors (Lipinski definition) is 2. The van der Waals surface area contributed by atoms with Gasteiger partial charge in [-0.3, -0.25) is 4.68 Å². The van der Waals surface area contributed by atoms with Gasteiger partial charge in [0.25, 0.3) is 0 Å². The zero-order chi connectivity index (χ0) is 14.9. The molecule has 1 aromatic rings. The van der Waals surface area contributed by atoms with Gasteiger partial charge in [0.1, 0.15) is 0 Å². The summed E-state index contributed by atoms with van der Waals surface area (Å²) in [6, 6.07) is 0.401. The molecule has 1 aliphatic carbocycles. The van der Waals surface area contributed by atoms with Crippen LogP contribution in [-0.2, 0) is 7.05 Å². The molecular formula is C16H28BrN3. The summed E-state index contributed by atoms with van der Waals surface area (Å²) in [7, 11) is 4.10. The molecule has 1 atom stereocenters. The van der Waals surface area contributed by atoms with Crippen LogP contribution in [0.1, 0.15) is 58.2 Å². The van der Waals surface area contributed by atoms with E-state index >= 15 is 0 Å². The van der Waals surface area contributed by atoms with Crippen LogP contribution in [0.15, 0.2) is 10.7 Å². The lowest BCUT2D eigenvalue weighted by Crippen LogP contribution is -2.33. The van der Waals surface area contributed by atoms with E-state index in [-0.39, 0.29) is 0 Å². The Kier molecular flexibility index (Phi) is 4.96. The van der Waals surface area contributed by atoms with Crippen molar-refractivity contribution < 1.29 is 0 Å². The van der Waals surface area contributed by atoms with Crippen molar-refractivity contribution in [1.29, 1.82) is 0 Å². The van der Waals surface area contributed by atoms with Crippen LogP contribution in [0.3, 0.4) is 0 Å². The molecule has 0 aliphatic heterocycles. The number of rotatable bonds is 3. The van der Waals surface area contributed by atoms with Crippen molar-refractivity contribution in [2.75, 3.05) is 7.05 Å². The smallest absolute Gasteiger partial charge is 0.0695 e. The van der Waals surface area contributed by atoms with Crippen molar-refractivity contribution in [3.8, 4) is 0 Å². The number of halogens is 1. The monoisotopic (exact) mass is 341 g/mol. The Morgan fingerprint density at radius 2 is 1.90 bits per heavy atom. The average molecular weight is 342 g/mol. The van der Waals surface area contributed by atoms with Crippen LogP contribution >= 0.6 is 15.9 Å². The SMILES string of the molecule is CNC(c1c(Br)cnn1C)C1CCC(C(C)(C)C)CC1. The van der Waals surface area contributed by atoms with E-state index in [0.717, 1.165) is 10.4 Å². The zero-order valence-electron chi connectivity index (χ0n) is 13.4. The Hall–Kier alpha value is -0.350. The second-order valence-corrected chi connectivity index (χ2v) is 8.10. The summed E-state index contributed by atoms with van der Waals surface area (Å²) in [5.74, 6) is 1.58. The minimum atomic E-state index is 0.401. The molecule has 0 spiro atoms. The van der Waals surface area contributed by atoms with E-state index < -0.39 is 0 Å². The van der Waals surface area contributed by atoms with Gasteiger partial charge in [-0.1, -0.05) is 20.8 Å². The van der Waals surface area contributed by atoms with Crippen LogP contribution in [0.2, 0.25) is 0 Å². The first-order valence-corrected chi connectivity index (χ1v) is 8.48. The maximum absolute atomic E-state index is 4.36. The first kappa shape index (κ1) is 16.0. The van der Waals surface area contributed by atoms with Crippen molar-refractivity contribution in [3.05, 3.63) is 16.4 Å². The number of nitrogens with one attached hydrogen (secondary N) is 1. The molecule has 1 unspecified atom stereocenters. The highest BCUT2D eigenvalue weighted by molar-refractivity contribution is 9.10. The predicted molar refractivity (Wildman–Crippen MR) is 87.6 cm³/mol. The Morgan fingerprint density at radius 3 is 2.30 bits per heavy atom. The van der Waals surface area contributed by atoms with Crippen LogP contribution in [0, 0.1) is 17.3 Å². The first-order chi connectivity index (χ1) is 9.34. The molecular weight excluding hydrogens is 314 g/mol. The summed E-state index contributed by atoms with van der Waals surface area (Å²) in [6.07, 6.45) is 7.22. The molecule has 1 aromatic heterocycles. The van der Waals surface area contributed by atoms with Gasteiger partial charge in [-0.2, -0.15) is 5.10 Å². The molecule has 2 rings (SSSR count). The van der Waals surface area contributed by atoms with E-state index in [1.54, 1.807) is 0 Å². The minimum absolute atomic E-state index is 0.401. The zero-order valence-corrected chi connectivity index (χ0v) is 15.0.